The summed E-state index contributed by atoms with van der Waals surface area (Å²) in [5.41, 5.74) is 11.7. The molecule has 5 aromatic rings. The summed E-state index contributed by atoms with van der Waals surface area (Å²) in [6.07, 6.45) is 11.4. The average molecular weight is 688 g/mol. The van der Waals surface area contributed by atoms with Crippen LogP contribution < -0.4 is 14.4 Å². The molecule has 52 heavy (non-hydrogen) atoms. The minimum atomic E-state index is -0.785. The smallest absolute Gasteiger partial charge is 0.178 e. The predicted octanol–water partition coefficient (Wildman–Crippen LogP) is 12.1. The lowest BCUT2D eigenvalue weighted by Crippen LogP contribution is -2.42. The highest BCUT2D eigenvalue weighted by Gasteiger charge is 2.45. The molecule has 0 spiro atoms. The highest BCUT2D eigenvalue weighted by Crippen LogP contribution is 2.59. The van der Waals surface area contributed by atoms with E-state index in [0.29, 0.717) is 0 Å². The van der Waals surface area contributed by atoms with Gasteiger partial charge in [-0.2, -0.15) is 0 Å². The molecule has 0 aromatic heterocycles. The fourth-order valence-corrected chi connectivity index (χ4v) is 10.2. The van der Waals surface area contributed by atoms with Gasteiger partial charge in [-0.25, -0.2) is 0 Å². The van der Waals surface area contributed by atoms with Gasteiger partial charge in [0.05, 0.1) is 12.8 Å². The van der Waals surface area contributed by atoms with Gasteiger partial charge in [-0.3, -0.25) is 0 Å². The van der Waals surface area contributed by atoms with Crippen LogP contribution in [-0.4, -0.2) is 20.2 Å². The second kappa shape index (κ2) is 12.0. The van der Waals surface area contributed by atoms with E-state index in [1.54, 1.807) is 0 Å². The first kappa shape index (κ1) is 33.3. The lowest BCUT2D eigenvalue weighted by Gasteiger charge is -2.43. The van der Waals surface area contributed by atoms with Crippen molar-refractivity contribution in [2.24, 2.45) is 11.8 Å². The number of methoxy groups -OCH3 is 1. The Kier molecular flexibility index (Phi) is 7.71. The van der Waals surface area contributed by atoms with E-state index in [1.807, 2.05) is 7.11 Å². The SMILES string of the molecule is COc1cc2c3c(c4c(c2cc1N1CCC2CCCCC2C1)-c1ccc(C(C)(C)C)cc1C4(C)C)C=CC(c1ccccc1)(c1ccc(C)cc1)O3. The van der Waals surface area contributed by atoms with Crippen molar-refractivity contribution in [3.63, 3.8) is 0 Å². The number of piperidine rings is 1. The molecule has 1 saturated carbocycles. The van der Waals surface area contributed by atoms with E-state index in [1.165, 1.54) is 82.1 Å². The summed E-state index contributed by atoms with van der Waals surface area (Å²) in [7, 11) is 1.84. The molecule has 0 amide bonds. The molecule has 4 aliphatic rings. The van der Waals surface area contributed by atoms with Crippen molar-refractivity contribution in [3.05, 3.63) is 130 Å². The highest BCUT2D eigenvalue weighted by molar-refractivity contribution is 6.10. The summed E-state index contributed by atoms with van der Waals surface area (Å²) < 4.78 is 14.0. The quantitative estimate of drug-likeness (QED) is 0.188. The molecule has 0 radical (unpaired) electrons. The van der Waals surface area contributed by atoms with Gasteiger partial charge in [0.2, 0.25) is 0 Å². The third-order valence-corrected chi connectivity index (χ3v) is 13.1. The van der Waals surface area contributed by atoms with Crippen molar-refractivity contribution >= 4 is 22.5 Å². The van der Waals surface area contributed by atoms with Gasteiger partial charge in [0.15, 0.2) is 5.60 Å². The van der Waals surface area contributed by atoms with E-state index in [9.17, 15) is 0 Å². The van der Waals surface area contributed by atoms with Gasteiger partial charge in [-0.15, -0.1) is 0 Å². The van der Waals surface area contributed by atoms with Crippen LogP contribution in [0.4, 0.5) is 5.69 Å². The molecule has 5 aromatic carbocycles. The van der Waals surface area contributed by atoms with Gasteiger partial charge in [-0.05, 0) is 88.4 Å². The number of nitrogens with zero attached hydrogens (tertiary/aromatic N) is 1. The molecule has 2 aliphatic heterocycles. The van der Waals surface area contributed by atoms with E-state index in [0.717, 1.165) is 52.9 Å². The number of hydrogen-bond donors (Lipinski definition) is 0. The Morgan fingerprint density at radius 3 is 2.27 bits per heavy atom. The molecular weight excluding hydrogens is 635 g/mol. The van der Waals surface area contributed by atoms with Crippen molar-refractivity contribution in [3.8, 4) is 22.6 Å². The van der Waals surface area contributed by atoms with Crippen LogP contribution in [0.15, 0.2) is 91.0 Å². The zero-order valence-electron chi connectivity index (χ0n) is 32.1. The number of anilines is 1. The molecule has 3 atom stereocenters. The summed E-state index contributed by atoms with van der Waals surface area (Å²) in [5, 5.41) is 2.37. The second-order valence-electron chi connectivity index (χ2n) is 17.6. The molecule has 266 valence electrons. The number of rotatable bonds is 4. The number of aryl methyl sites for hydroxylation is 1. The Morgan fingerprint density at radius 2 is 1.54 bits per heavy atom. The zero-order valence-corrected chi connectivity index (χ0v) is 32.1. The van der Waals surface area contributed by atoms with E-state index in [4.69, 9.17) is 9.47 Å². The van der Waals surface area contributed by atoms with Gasteiger partial charge < -0.3 is 14.4 Å². The van der Waals surface area contributed by atoms with E-state index < -0.39 is 5.60 Å². The van der Waals surface area contributed by atoms with Crippen LogP contribution in [0, 0.1) is 18.8 Å². The van der Waals surface area contributed by atoms with Gasteiger partial charge >= 0.3 is 0 Å². The van der Waals surface area contributed by atoms with Crippen LogP contribution in [0.3, 0.4) is 0 Å². The van der Waals surface area contributed by atoms with Gasteiger partial charge in [0.1, 0.15) is 11.5 Å². The molecule has 2 fully saturated rings. The molecule has 0 N–H and O–H groups in total. The molecule has 3 unspecified atom stereocenters. The fraction of sp³-hybridized carbons (Fsp3) is 0.388. The molecule has 0 bridgehead atoms. The summed E-state index contributed by atoms with van der Waals surface area (Å²) in [6, 6.07) is 31.6. The van der Waals surface area contributed by atoms with Crippen molar-refractivity contribution in [1.82, 2.24) is 0 Å². The summed E-state index contributed by atoms with van der Waals surface area (Å²) in [6.45, 7) is 16.1. The minimum absolute atomic E-state index is 0.0551. The first-order valence-corrected chi connectivity index (χ1v) is 19.6. The molecule has 3 nitrogen and oxygen atoms in total. The fourth-order valence-electron chi connectivity index (χ4n) is 10.2. The van der Waals surface area contributed by atoms with Crippen LogP contribution in [0.1, 0.15) is 106 Å². The van der Waals surface area contributed by atoms with E-state index in [2.05, 4.69) is 144 Å². The topological polar surface area (TPSA) is 21.7 Å². The van der Waals surface area contributed by atoms with Gasteiger partial charge in [-0.1, -0.05) is 138 Å². The first-order chi connectivity index (χ1) is 25.0. The van der Waals surface area contributed by atoms with E-state index >= 15 is 0 Å². The van der Waals surface area contributed by atoms with Crippen LogP contribution in [0.25, 0.3) is 28.0 Å². The minimum Gasteiger partial charge on any atom is -0.495 e. The second-order valence-corrected chi connectivity index (χ2v) is 17.6. The molecule has 1 saturated heterocycles. The lowest BCUT2D eigenvalue weighted by atomic mass is 9.75. The highest BCUT2D eigenvalue weighted by atomic mass is 16.5. The molecular formula is C49H53NO2. The molecule has 2 aliphatic carbocycles. The average Bonchev–Trinajstić information content (AvgIpc) is 3.40. The maximum atomic E-state index is 7.64. The molecule has 2 heterocycles. The van der Waals surface area contributed by atoms with Crippen LogP contribution in [-0.2, 0) is 16.4 Å². The Balaban J connectivity index is 1.32. The maximum Gasteiger partial charge on any atom is 0.178 e. The Morgan fingerprint density at radius 1 is 0.808 bits per heavy atom. The predicted molar refractivity (Wildman–Crippen MR) is 217 cm³/mol. The van der Waals surface area contributed by atoms with Crippen molar-refractivity contribution in [2.75, 3.05) is 25.1 Å². The number of ether oxygens (including phenoxy) is 2. The number of benzene rings is 5. The largest absolute Gasteiger partial charge is 0.495 e. The molecule has 9 rings (SSSR count). The zero-order chi connectivity index (χ0) is 36.0. The maximum absolute atomic E-state index is 7.64. The standard InChI is InChI=1S/C49H53NO2/c1-31-17-19-35(20-18-31)49(34-15-9-8-10-16-34)25-23-38-45-44(37-22-21-36(47(2,3)4)27-41(37)48(45,5)6)39-28-42(43(51-7)29-40(39)46(38)52-49)50-26-24-32-13-11-12-14-33(32)30-50/h8-10,15-23,25,27-29,32-33H,11-14,24,26,30H2,1-7H3. The summed E-state index contributed by atoms with van der Waals surface area (Å²) in [4.78, 5) is 2.64. The van der Waals surface area contributed by atoms with Crippen molar-refractivity contribution < 1.29 is 9.47 Å². The van der Waals surface area contributed by atoms with Crippen LogP contribution in [0.5, 0.6) is 11.5 Å². The van der Waals surface area contributed by atoms with Gasteiger partial charge in [0, 0.05) is 40.6 Å². The Hall–Kier alpha value is -4.50. The normalized spacial score (nSPS) is 23.0. The van der Waals surface area contributed by atoms with Gasteiger partial charge in [0.25, 0.3) is 0 Å². The monoisotopic (exact) mass is 687 g/mol. The number of fused-ring (bicyclic) bond motifs is 9. The van der Waals surface area contributed by atoms with Crippen molar-refractivity contribution in [2.45, 2.75) is 90.1 Å². The van der Waals surface area contributed by atoms with Crippen molar-refractivity contribution in [1.29, 1.82) is 0 Å². The third kappa shape index (κ3) is 5.06. The van der Waals surface area contributed by atoms with Crippen LogP contribution in [0.2, 0.25) is 0 Å². The Bertz CT molecular complexity index is 2220. The van der Waals surface area contributed by atoms with E-state index in [-0.39, 0.29) is 10.8 Å². The van der Waals surface area contributed by atoms with Crippen LogP contribution >= 0.6 is 0 Å². The number of hydrogen-bond acceptors (Lipinski definition) is 3. The third-order valence-electron chi connectivity index (χ3n) is 13.1. The summed E-state index contributed by atoms with van der Waals surface area (Å²) >= 11 is 0. The summed E-state index contributed by atoms with van der Waals surface area (Å²) in [5.74, 6) is 3.50. The first-order valence-electron chi connectivity index (χ1n) is 19.6. The lowest BCUT2D eigenvalue weighted by molar-refractivity contribution is 0.163. The Labute approximate surface area is 310 Å². The molecule has 3 heteroatoms.